The summed E-state index contributed by atoms with van der Waals surface area (Å²) in [6.45, 7) is 6.56. The first-order chi connectivity index (χ1) is 10.3. The molecule has 0 spiro atoms. The molecule has 1 heterocycles. The van der Waals surface area contributed by atoms with E-state index in [0.717, 1.165) is 0 Å². The van der Waals surface area contributed by atoms with E-state index in [1.54, 1.807) is 29.2 Å². The van der Waals surface area contributed by atoms with Crippen molar-refractivity contribution in [2.24, 2.45) is 0 Å². The number of carbonyl (C=O) groups excluding carboxylic acids is 1. The number of carbonyl (C=O) groups is 1. The summed E-state index contributed by atoms with van der Waals surface area (Å²) in [6, 6.07) is 7.00. The van der Waals surface area contributed by atoms with Crippen LogP contribution in [0.4, 0.5) is 4.79 Å². The molecule has 5 nitrogen and oxygen atoms in total. The molecule has 2 atom stereocenters. The highest BCUT2D eigenvalue weighted by atomic mass is 35.5. The molecule has 1 aliphatic heterocycles. The van der Waals surface area contributed by atoms with Crippen LogP contribution in [0.2, 0.25) is 5.02 Å². The van der Waals surface area contributed by atoms with Crippen molar-refractivity contribution in [2.45, 2.75) is 38.6 Å². The maximum atomic E-state index is 12.1. The number of rotatable bonds is 2. The van der Waals surface area contributed by atoms with Crippen molar-refractivity contribution in [3.8, 4) is 0 Å². The maximum absolute atomic E-state index is 12.1. The van der Waals surface area contributed by atoms with Gasteiger partial charge in [-0.25, -0.2) is 4.79 Å². The Morgan fingerprint density at radius 1 is 1.50 bits per heavy atom. The number of morpholine rings is 1. The minimum absolute atomic E-state index is 0.280. The van der Waals surface area contributed by atoms with Crippen molar-refractivity contribution in [2.75, 3.05) is 19.7 Å². The molecule has 0 aliphatic carbocycles. The van der Waals surface area contributed by atoms with Crippen molar-refractivity contribution in [3.05, 3.63) is 34.9 Å². The van der Waals surface area contributed by atoms with Crippen LogP contribution in [-0.4, -0.2) is 47.5 Å². The van der Waals surface area contributed by atoms with E-state index in [4.69, 9.17) is 21.1 Å². The van der Waals surface area contributed by atoms with Crippen LogP contribution in [0.3, 0.4) is 0 Å². The minimum atomic E-state index is -0.844. The van der Waals surface area contributed by atoms with Crippen molar-refractivity contribution in [3.63, 3.8) is 0 Å². The Kier molecular flexibility index (Phi) is 5.32. The normalized spacial score (nSPS) is 20.6. The molecule has 1 saturated heterocycles. The molecule has 6 heteroatoms. The Hall–Kier alpha value is -1.30. The van der Waals surface area contributed by atoms with E-state index in [-0.39, 0.29) is 12.6 Å². The van der Waals surface area contributed by atoms with Gasteiger partial charge in [0.25, 0.3) is 0 Å². The van der Waals surface area contributed by atoms with Crippen LogP contribution >= 0.6 is 11.6 Å². The number of amides is 1. The summed E-state index contributed by atoms with van der Waals surface area (Å²) in [6.07, 6.45) is -1.73. The van der Waals surface area contributed by atoms with E-state index >= 15 is 0 Å². The van der Waals surface area contributed by atoms with Crippen LogP contribution in [-0.2, 0) is 9.47 Å². The molecule has 1 aromatic carbocycles. The van der Waals surface area contributed by atoms with E-state index in [9.17, 15) is 9.90 Å². The van der Waals surface area contributed by atoms with E-state index in [1.165, 1.54) is 0 Å². The minimum Gasteiger partial charge on any atom is -0.444 e. The van der Waals surface area contributed by atoms with Gasteiger partial charge in [-0.2, -0.15) is 0 Å². The second-order valence-electron chi connectivity index (χ2n) is 6.34. The van der Waals surface area contributed by atoms with Gasteiger partial charge in [0.2, 0.25) is 0 Å². The van der Waals surface area contributed by atoms with Crippen LogP contribution in [0.5, 0.6) is 0 Å². The highest BCUT2D eigenvalue weighted by Gasteiger charge is 2.32. The SMILES string of the molecule is CC(C)(C)OC(=O)N1CCO[C@@H]([C@@H](O)c2cccc(Cl)c2)C1. The van der Waals surface area contributed by atoms with Crippen molar-refractivity contribution < 1.29 is 19.4 Å². The number of nitrogens with zero attached hydrogens (tertiary/aromatic N) is 1. The Morgan fingerprint density at radius 3 is 2.86 bits per heavy atom. The first-order valence-corrected chi connectivity index (χ1v) is 7.67. The number of hydrogen-bond acceptors (Lipinski definition) is 4. The van der Waals surface area contributed by atoms with Gasteiger partial charge in [-0.1, -0.05) is 23.7 Å². The molecule has 1 N–H and O–H groups in total. The molecule has 0 saturated carbocycles. The second-order valence-corrected chi connectivity index (χ2v) is 6.77. The predicted molar refractivity (Wildman–Crippen MR) is 84.0 cm³/mol. The van der Waals surface area contributed by atoms with Crippen LogP contribution in [0.1, 0.15) is 32.4 Å². The Bertz CT molecular complexity index is 529. The second kappa shape index (κ2) is 6.86. The van der Waals surface area contributed by atoms with Gasteiger partial charge in [0.1, 0.15) is 17.8 Å². The summed E-state index contributed by atoms with van der Waals surface area (Å²) >= 11 is 5.94. The van der Waals surface area contributed by atoms with Crippen LogP contribution in [0.15, 0.2) is 24.3 Å². The first kappa shape index (κ1) is 17.1. The Labute approximate surface area is 135 Å². The van der Waals surface area contributed by atoms with Crippen molar-refractivity contribution >= 4 is 17.7 Å². The molecule has 0 aromatic heterocycles. The fraction of sp³-hybridized carbons (Fsp3) is 0.562. The topological polar surface area (TPSA) is 59.0 Å². The smallest absolute Gasteiger partial charge is 0.410 e. The predicted octanol–water partition coefficient (Wildman–Crippen LogP) is 3.01. The largest absolute Gasteiger partial charge is 0.444 e. The molecular formula is C16H22ClNO4. The standard InChI is InChI=1S/C16H22ClNO4/c1-16(2,3)22-15(20)18-7-8-21-13(10-18)14(19)11-5-4-6-12(17)9-11/h4-6,9,13-14,19H,7-8,10H2,1-3H3/t13-,14+/m1/s1. The summed E-state index contributed by atoms with van der Waals surface area (Å²) in [5, 5.41) is 11.0. The third-order valence-corrected chi connectivity index (χ3v) is 3.52. The fourth-order valence-electron chi connectivity index (χ4n) is 2.26. The molecule has 1 aliphatic rings. The average molecular weight is 328 g/mol. The zero-order valence-corrected chi connectivity index (χ0v) is 13.8. The molecule has 1 fully saturated rings. The lowest BCUT2D eigenvalue weighted by atomic mass is 10.0. The van der Waals surface area contributed by atoms with Gasteiger partial charge in [0.05, 0.1) is 13.2 Å². The number of aliphatic hydroxyl groups excluding tert-OH is 1. The van der Waals surface area contributed by atoms with E-state index in [1.807, 2.05) is 20.8 Å². The van der Waals surface area contributed by atoms with Crippen LogP contribution < -0.4 is 0 Å². The van der Waals surface area contributed by atoms with E-state index in [0.29, 0.717) is 23.7 Å². The van der Waals surface area contributed by atoms with Crippen LogP contribution in [0.25, 0.3) is 0 Å². The first-order valence-electron chi connectivity index (χ1n) is 7.29. The summed E-state index contributed by atoms with van der Waals surface area (Å²) in [4.78, 5) is 13.7. The lowest BCUT2D eigenvalue weighted by Gasteiger charge is -2.36. The fourth-order valence-corrected chi connectivity index (χ4v) is 2.46. The molecule has 0 bridgehead atoms. The molecule has 0 radical (unpaired) electrons. The van der Waals surface area contributed by atoms with Crippen LogP contribution in [0, 0.1) is 0 Å². The van der Waals surface area contributed by atoms with Gasteiger partial charge in [0, 0.05) is 11.6 Å². The average Bonchev–Trinajstić information content (AvgIpc) is 2.45. The van der Waals surface area contributed by atoms with Gasteiger partial charge in [0.15, 0.2) is 0 Å². The monoisotopic (exact) mass is 327 g/mol. The highest BCUT2D eigenvalue weighted by molar-refractivity contribution is 6.30. The van der Waals surface area contributed by atoms with Gasteiger partial charge in [-0.05, 0) is 38.5 Å². The van der Waals surface area contributed by atoms with Gasteiger partial charge in [-0.15, -0.1) is 0 Å². The molecule has 1 amide bonds. The number of hydrogen-bond donors (Lipinski definition) is 1. The lowest BCUT2D eigenvalue weighted by Crippen LogP contribution is -2.49. The van der Waals surface area contributed by atoms with Crippen molar-refractivity contribution in [1.82, 2.24) is 4.90 Å². The number of aliphatic hydroxyl groups is 1. The third-order valence-electron chi connectivity index (χ3n) is 3.29. The summed E-state index contributed by atoms with van der Waals surface area (Å²) < 4.78 is 11.0. The van der Waals surface area contributed by atoms with Gasteiger partial charge >= 0.3 is 6.09 Å². The lowest BCUT2D eigenvalue weighted by molar-refractivity contribution is -0.0908. The molecule has 1 aromatic rings. The summed E-state index contributed by atoms with van der Waals surface area (Å²) in [7, 11) is 0. The Balaban J connectivity index is 2.02. The number of benzene rings is 1. The summed E-state index contributed by atoms with van der Waals surface area (Å²) in [5.74, 6) is 0. The third kappa shape index (κ3) is 4.60. The quantitative estimate of drug-likeness (QED) is 0.907. The molecular weight excluding hydrogens is 306 g/mol. The zero-order valence-electron chi connectivity index (χ0n) is 13.1. The summed E-state index contributed by atoms with van der Waals surface area (Å²) in [5.41, 5.74) is 0.125. The Morgan fingerprint density at radius 2 is 2.23 bits per heavy atom. The van der Waals surface area contributed by atoms with Crippen molar-refractivity contribution in [1.29, 1.82) is 0 Å². The molecule has 0 unspecified atom stereocenters. The molecule has 22 heavy (non-hydrogen) atoms. The maximum Gasteiger partial charge on any atom is 0.410 e. The number of halogens is 1. The number of ether oxygens (including phenoxy) is 2. The van der Waals surface area contributed by atoms with Gasteiger partial charge < -0.3 is 19.5 Å². The van der Waals surface area contributed by atoms with Gasteiger partial charge in [-0.3, -0.25) is 0 Å². The van der Waals surface area contributed by atoms with E-state index < -0.39 is 17.8 Å². The van der Waals surface area contributed by atoms with E-state index in [2.05, 4.69) is 0 Å². The molecule has 2 rings (SSSR count). The zero-order chi connectivity index (χ0) is 16.3. The molecule has 122 valence electrons. The highest BCUT2D eigenvalue weighted by Crippen LogP contribution is 2.25.